The molecular weight excluding hydrogens is 345 g/mol. The van der Waals surface area contributed by atoms with E-state index in [1.54, 1.807) is 30.3 Å². The molecule has 1 N–H and O–H groups in total. The molecule has 1 aromatic heterocycles. The van der Waals surface area contributed by atoms with Crippen LogP contribution in [0, 0.1) is 6.92 Å². The molecule has 0 aliphatic heterocycles. The van der Waals surface area contributed by atoms with Crippen molar-refractivity contribution in [2.45, 2.75) is 25.9 Å². The molecule has 7 heteroatoms. The lowest BCUT2D eigenvalue weighted by molar-refractivity contribution is -0.146. The summed E-state index contributed by atoms with van der Waals surface area (Å²) < 4.78 is 39.2. The van der Waals surface area contributed by atoms with Gasteiger partial charge in [0.25, 0.3) is 0 Å². The minimum atomic E-state index is -4.41. The van der Waals surface area contributed by atoms with Crippen molar-refractivity contribution in [2.75, 3.05) is 0 Å². The Morgan fingerprint density at radius 3 is 2.54 bits per heavy atom. The molecule has 26 heavy (non-hydrogen) atoms. The summed E-state index contributed by atoms with van der Waals surface area (Å²) in [6.07, 6.45) is -3.00. The van der Waals surface area contributed by atoms with E-state index in [0.29, 0.717) is 21.9 Å². The van der Waals surface area contributed by atoms with Crippen LogP contribution in [0.1, 0.15) is 34.5 Å². The number of rotatable bonds is 3. The molecule has 0 spiro atoms. The van der Waals surface area contributed by atoms with E-state index in [1.807, 2.05) is 6.92 Å². The first-order chi connectivity index (χ1) is 12.2. The number of aryl methyl sites for hydroxylation is 1. The van der Waals surface area contributed by atoms with Gasteiger partial charge in [-0.3, -0.25) is 0 Å². The Hall–Kier alpha value is -2.96. The molecule has 3 aromatic rings. The standard InChI is InChI=1S/C19H15F3N2O2/c1-10-3-4-13(18(25)26)8-16(10)12-5-6-15-14(7-12)9-23-24-17(15)11(2)19(20,21)22/h3-9,11H,1-2H3,(H,25,26). The second-order valence-electron chi connectivity index (χ2n) is 6.13. The quantitative estimate of drug-likeness (QED) is 0.716. The van der Waals surface area contributed by atoms with Crippen LogP contribution in [0.2, 0.25) is 0 Å². The van der Waals surface area contributed by atoms with Crippen molar-refractivity contribution >= 4 is 16.7 Å². The Labute approximate surface area is 147 Å². The second kappa shape index (κ2) is 6.40. The maximum Gasteiger partial charge on any atom is 0.397 e. The monoisotopic (exact) mass is 360 g/mol. The van der Waals surface area contributed by atoms with Gasteiger partial charge in [0, 0.05) is 10.8 Å². The Morgan fingerprint density at radius 1 is 1.15 bits per heavy atom. The number of nitrogens with zero attached hydrogens (tertiary/aromatic N) is 2. The van der Waals surface area contributed by atoms with Gasteiger partial charge < -0.3 is 5.11 Å². The lowest BCUT2D eigenvalue weighted by atomic mass is 9.94. The molecule has 0 aliphatic carbocycles. The molecule has 0 aliphatic rings. The molecule has 4 nitrogen and oxygen atoms in total. The van der Waals surface area contributed by atoms with Crippen LogP contribution in [-0.4, -0.2) is 27.4 Å². The van der Waals surface area contributed by atoms with Crippen molar-refractivity contribution < 1.29 is 23.1 Å². The summed E-state index contributed by atoms with van der Waals surface area (Å²) >= 11 is 0. The fourth-order valence-electron chi connectivity index (χ4n) is 2.82. The molecule has 0 amide bonds. The fourth-order valence-corrected chi connectivity index (χ4v) is 2.82. The van der Waals surface area contributed by atoms with Gasteiger partial charge in [-0.25, -0.2) is 4.79 Å². The zero-order chi connectivity index (χ0) is 19.1. The Balaban J connectivity index is 2.15. The molecular formula is C19H15F3N2O2. The molecule has 3 rings (SSSR count). The van der Waals surface area contributed by atoms with Crippen LogP contribution >= 0.6 is 0 Å². The first kappa shape index (κ1) is 17.8. The molecule has 0 bridgehead atoms. The topological polar surface area (TPSA) is 63.1 Å². The molecule has 0 saturated carbocycles. The number of benzene rings is 2. The van der Waals surface area contributed by atoms with E-state index in [0.717, 1.165) is 12.5 Å². The number of carboxylic acids is 1. The van der Waals surface area contributed by atoms with Gasteiger partial charge in [0.05, 0.1) is 23.4 Å². The van der Waals surface area contributed by atoms with Crippen molar-refractivity contribution in [1.82, 2.24) is 10.2 Å². The van der Waals surface area contributed by atoms with Crippen LogP contribution in [0.25, 0.3) is 21.9 Å². The van der Waals surface area contributed by atoms with Gasteiger partial charge in [0.1, 0.15) is 0 Å². The number of fused-ring (bicyclic) bond motifs is 1. The van der Waals surface area contributed by atoms with Crippen molar-refractivity contribution in [3.8, 4) is 11.1 Å². The molecule has 1 heterocycles. The smallest absolute Gasteiger partial charge is 0.397 e. The number of hydrogen-bond acceptors (Lipinski definition) is 3. The van der Waals surface area contributed by atoms with Crippen LogP contribution < -0.4 is 0 Å². The molecule has 1 unspecified atom stereocenters. The van der Waals surface area contributed by atoms with Crippen LogP contribution in [0.3, 0.4) is 0 Å². The molecule has 1 atom stereocenters. The summed E-state index contributed by atoms with van der Waals surface area (Å²) in [5.41, 5.74) is 2.29. The fraction of sp³-hybridized carbons (Fsp3) is 0.211. The van der Waals surface area contributed by atoms with E-state index >= 15 is 0 Å². The highest BCUT2D eigenvalue weighted by atomic mass is 19.4. The van der Waals surface area contributed by atoms with Crippen molar-refractivity contribution in [3.05, 3.63) is 59.4 Å². The summed E-state index contributed by atoms with van der Waals surface area (Å²) in [5, 5.41) is 17.4. The number of aromatic nitrogens is 2. The van der Waals surface area contributed by atoms with Crippen LogP contribution in [-0.2, 0) is 0 Å². The average Bonchev–Trinajstić information content (AvgIpc) is 2.59. The summed E-state index contributed by atoms with van der Waals surface area (Å²) in [6.45, 7) is 2.89. The zero-order valence-electron chi connectivity index (χ0n) is 14.0. The summed E-state index contributed by atoms with van der Waals surface area (Å²) in [4.78, 5) is 11.2. The molecule has 134 valence electrons. The summed E-state index contributed by atoms with van der Waals surface area (Å²) in [7, 11) is 0. The van der Waals surface area contributed by atoms with E-state index in [4.69, 9.17) is 5.11 Å². The van der Waals surface area contributed by atoms with Gasteiger partial charge in [-0.2, -0.15) is 23.4 Å². The lowest BCUT2D eigenvalue weighted by Crippen LogP contribution is -2.19. The number of carboxylic acid groups (broad SMARTS) is 1. The maximum absolute atomic E-state index is 13.1. The molecule has 0 saturated heterocycles. The van der Waals surface area contributed by atoms with Crippen molar-refractivity contribution in [3.63, 3.8) is 0 Å². The van der Waals surface area contributed by atoms with Crippen molar-refractivity contribution in [2.24, 2.45) is 0 Å². The van der Waals surface area contributed by atoms with E-state index in [2.05, 4.69) is 10.2 Å². The van der Waals surface area contributed by atoms with E-state index in [-0.39, 0.29) is 11.3 Å². The first-order valence-electron chi connectivity index (χ1n) is 7.85. The molecule has 0 fully saturated rings. The number of aromatic carboxylic acids is 1. The summed E-state index contributed by atoms with van der Waals surface area (Å²) in [5.74, 6) is -2.78. The molecule has 2 aromatic carbocycles. The second-order valence-corrected chi connectivity index (χ2v) is 6.13. The highest BCUT2D eigenvalue weighted by Crippen LogP contribution is 2.37. The van der Waals surface area contributed by atoms with Gasteiger partial charge in [0.2, 0.25) is 0 Å². The molecule has 0 radical (unpaired) electrons. The number of alkyl halides is 3. The first-order valence-corrected chi connectivity index (χ1v) is 7.85. The van der Waals surface area contributed by atoms with Gasteiger partial charge >= 0.3 is 12.1 Å². The van der Waals surface area contributed by atoms with E-state index < -0.39 is 18.1 Å². The maximum atomic E-state index is 13.1. The lowest BCUT2D eigenvalue weighted by Gasteiger charge is -2.16. The highest BCUT2D eigenvalue weighted by molar-refractivity contribution is 5.92. The van der Waals surface area contributed by atoms with Gasteiger partial charge in [-0.1, -0.05) is 18.2 Å². The normalized spacial score (nSPS) is 13.0. The average molecular weight is 360 g/mol. The highest BCUT2D eigenvalue weighted by Gasteiger charge is 2.39. The van der Waals surface area contributed by atoms with Gasteiger partial charge in [-0.15, -0.1) is 0 Å². The van der Waals surface area contributed by atoms with Gasteiger partial charge in [-0.05, 0) is 48.7 Å². The SMILES string of the molecule is Cc1ccc(C(=O)O)cc1-c1ccc2c(C(C)C(F)(F)F)nncc2c1. The van der Waals surface area contributed by atoms with Crippen LogP contribution in [0.5, 0.6) is 0 Å². The third kappa shape index (κ3) is 3.24. The Morgan fingerprint density at radius 2 is 1.88 bits per heavy atom. The third-order valence-electron chi connectivity index (χ3n) is 4.39. The number of halogens is 3. The van der Waals surface area contributed by atoms with E-state index in [1.165, 1.54) is 12.3 Å². The number of carbonyl (C=O) groups is 1. The zero-order valence-corrected chi connectivity index (χ0v) is 14.0. The third-order valence-corrected chi connectivity index (χ3v) is 4.39. The van der Waals surface area contributed by atoms with Crippen molar-refractivity contribution in [1.29, 1.82) is 0 Å². The predicted octanol–water partition coefficient (Wildman–Crippen LogP) is 4.97. The predicted molar refractivity (Wildman–Crippen MR) is 91.1 cm³/mol. The minimum Gasteiger partial charge on any atom is -0.478 e. The Kier molecular flexibility index (Phi) is 4.39. The van der Waals surface area contributed by atoms with E-state index in [9.17, 15) is 18.0 Å². The largest absolute Gasteiger partial charge is 0.478 e. The Bertz CT molecular complexity index is 1000. The minimum absolute atomic E-state index is 0.127. The number of hydrogen-bond donors (Lipinski definition) is 1. The summed E-state index contributed by atoms with van der Waals surface area (Å²) in [6, 6.07) is 9.70. The van der Waals surface area contributed by atoms with Crippen LogP contribution in [0.4, 0.5) is 13.2 Å². The van der Waals surface area contributed by atoms with Gasteiger partial charge in [0.15, 0.2) is 0 Å². The van der Waals surface area contributed by atoms with Crippen LogP contribution in [0.15, 0.2) is 42.6 Å².